The summed E-state index contributed by atoms with van der Waals surface area (Å²) in [7, 11) is 0. The van der Waals surface area contributed by atoms with Crippen LogP contribution < -0.4 is 5.32 Å². The van der Waals surface area contributed by atoms with E-state index in [0.29, 0.717) is 12.1 Å². The van der Waals surface area contributed by atoms with Crippen molar-refractivity contribution in [2.45, 2.75) is 58.1 Å². The molecule has 0 bridgehead atoms. The summed E-state index contributed by atoms with van der Waals surface area (Å²) < 4.78 is 6.08. The van der Waals surface area contributed by atoms with Crippen LogP contribution in [-0.4, -0.2) is 19.3 Å². The van der Waals surface area contributed by atoms with Crippen LogP contribution in [0.15, 0.2) is 24.3 Å². The fraction of sp³-hybridized carbons (Fsp3) is 0.647. The standard InChI is InChI=1S/C17H27NO/c1-3-12-18-17(13-19-16-6-4-5-7-16)15-10-8-14(2)9-11-15/h8-11,16-18H,3-7,12-13H2,1-2H3. The van der Waals surface area contributed by atoms with E-state index in [-0.39, 0.29) is 0 Å². The minimum Gasteiger partial charge on any atom is -0.376 e. The monoisotopic (exact) mass is 261 g/mol. The Morgan fingerprint density at radius 3 is 2.53 bits per heavy atom. The fourth-order valence-electron chi connectivity index (χ4n) is 2.68. The number of aryl methyl sites for hydroxylation is 1. The predicted molar refractivity (Wildman–Crippen MR) is 80.4 cm³/mol. The zero-order chi connectivity index (χ0) is 13.5. The van der Waals surface area contributed by atoms with Crippen molar-refractivity contribution in [2.75, 3.05) is 13.2 Å². The lowest BCUT2D eigenvalue weighted by Gasteiger charge is -2.21. The second-order valence-corrected chi connectivity index (χ2v) is 5.66. The van der Waals surface area contributed by atoms with Crippen molar-refractivity contribution in [2.24, 2.45) is 0 Å². The molecule has 1 aromatic rings. The molecule has 2 heteroatoms. The summed E-state index contributed by atoms with van der Waals surface area (Å²) in [6.07, 6.45) is 6.82. The van der Waals surface area contributed by atoms with E-state index in [4.69, 9.17) is 4.74 Å². The van der Waals surface area contributed by atoms with Crippen LogP contribution in [0.5, 0.6) is 0 Å². The van der Waals surface area contributed by atoms with Crippen LogP contribution in [0.3, 0.4) is 0 Å². The van der Waals surface area contributed by atoms with Crippen LogP contribution in [0.2, 0.25) is 0 Å². The van der Waals surface area contributed by atoms with Crippen molar-refractivity contribution in [1.29, 1.82) is 0 Å². The predicted octanol–water partition coefficient (Wildman–Crippen LogP) is 3.99. The highest BCUT2D eigenvalue weighted by Gasteiger charge is 2.18. The maximum atomic E-state index is 6.08. The van der Waals surface area contributed by atoms with Gasteiger partial charge < -0.3 is 10.1 Å². The van der Waals surface area contributed by atoms with Crippen molar-refractivity contribution < 1.29 is 4.74 Å². The average Bonchev–Trinajstić information content (AvgIpc) is 2.93. The van der Waals surface area contributed by atoms with E-state index in [1.54, 1.807) is 0 Å². The molecule has 1 unspecified atom stereocenters. The van der Waals surface area contributed by atoms with Gasteiger partial charge in [0.25, 0.3) is 0 Å². The minimum absolute atomic E-state index is 0.334. The zero-order valence-electron chi connectivity index (χ0n) is 12.3. The van der Waals surface area contributed by atoms with Gasteiger partial charge in [0.1, 0.15) is 0 Å². The number of benzene rings is 1. The molecule has 106 valence electrons. The second-order valence-electron chi connectivity index (χ2n) is 5.66. The van der Waals surface area contributed by atoms with Crippen LogP contribution in [0.1, 0.15) is 56.2 Å². The molecule has 1 N–H and O–H groups in total. The van der Waals surface area contributed by atoms with E-state index >= 15 is 0 Å². The van der Waals surface area contributed by atoms with Gasteiger partial charge in [0, 0.05) is 0 Å². The Balaban J connectivity index is 1.91. The average molecular weight is 261 g/mol. The second kappa shape index (κ2) is 7.66. The molecular weight excluding hydrogens is 234 g/mol. The summed E-state index contributed by atoms with van der Waals surface area (Å²) >= 11 is 0. The summed E-state index contributed by atoms with van der Waals surface area (Å²) in [6.45, 7) is 6.19. The number of ether oxygens (including phenoxy) is 1. The third-order valence-corrected chi connectivity index (χ3v) is 3.92. The lowest BCUT2D eigenvalue weighted by atomic mass is 10.1. The molecule has 0 aromatic heterocycles. The molecule has 1 atom stereocenters. The lowest BCUT2D eigenvalue weighted by molar-refractivity contribution is 0.0426. The van der Waals surface area contributed by atoms with Crippen LogP contribution in [0.25, 0.3) is 0 Å². The molecule has 0 radical (unpaired) electrons. The number of rotatable bonds is 7. The van der Waals surface area contributed by atoms with Gasteiger partial charge in [-0.1, -0.05) is 49.6 Å². The van der Waals surface area contributed by atoms with Crippen molar-refractivity contribution >= 4 is 0 Å². The van der Waals surface area contributed by atoms with Gasteiger partial charge in [-0.3, -0.25) is 0 Å². The Bertz CT molecular complexity index is 354. The molecular formula is C17H27NO. The van der Waals surface area contributed by atoms with Crippen LogP contribution in [0.4, 0.5) is 0 Å². The van der Waals surface area contributed by atoms with E-state index in [2.05, 4.69) is 43.4 Å². The molecule has 1 saturated carbocycles. The Hall–Kier alpha value is -0.860. The molecule has 0 amide bonds. The van der Waals surface area contributed by atoms with Crippen molar-refractivity contribution in [3.63, 3.8) is 0 Å². The highest BCUT2D eigenvalue weighted by atomic mass is 16.5. The summed E-state index contributed by atoms with van der Waals surface area (Å²) in [4.78, 5) is 0. The third kappa shape index (κ3) is 4.63. The van der Waals surface area contributed by atoms with Crippen LogP contribution in [0, 0.1) is 6.92 Å². The zero-order valence-corrected chi connectivity index (χ0v) is 12.3. The maximum absolute atomic E-state index is 6.08. The van der Waals surface area contributed by atoms with Gasteiger partial charge in [-0.05, 0) is 38.3 Å². The Morgan fingerprint density at radius 2 is 1.89 bits per heavy atom. The minimum atomic E-state index is 0.334. The summed E-state index contributed by atoms with van der Waals surface area (Å²) in [5.41, 5.74) is 2.66. The van der Waals surface area contributed by atoms with Gasteiger partial charge in [-0.25, -0.2) is 0 Å². The van der Waals surface area contributed by atoms with Gasteiger partial charge in [0.2, 0.25) is 0 Å². The molecule has 19 heavy (non-hydrogen) atoms. The normalized spacial score (nSPS) is 17.8. The van der Waals surface area contributed by atoms with Gasteiger partial charge in [-0.2, -0.15) is 0 Å². The lowest BCUT2D eigenvalue weighted by Crippen LogP contribution is -2.28. The quantitative estimate of drug-likeness (QED) is 0.801. The summed E-state index contributed by atoms with van der Waals surface area (Å²) in [5.74, 6) is 0. The first-order valence-corrected chi connectivity index (χ1v) is 7.71. The van der Waals surface area contributed by atoms with Crippen LogP contribution >= 0.6 is 0 Å². The van der Waals surface area contributed by atoms with Crippen molar-refractivity contribution in [3.05, 3.63) is 35.4 Å². The molecule has 1 aliphatic rings. The first-order valence-electron chi connectivity index (χ1n) is 7.71. The maximum Gasteiger partial charge on any atom is 0.0665 e. The number of nitrogens with one attached hydrogen (secondary N) is 1. The molecule has 0 spiro atoms. The van der Waals surface area contributed by atoms with Gasteiger partial charge >= 0.3 is 0 Å². The first kappa shape index (κ1) is 14.5. The highest BCUT2D eigenvalue weighted by molar-refractivity contribution is 5.24. The Labute approximate surface area is 117 Å². The fourth-order valence-corrected chi connectivity index (χ4v) is 2.68. The van der Waals surface area contributed by atoms with Gasteiger partial charge in [0.05, 0.1) is 18.8 Å². The number of hydrogen-bond acceptors (Lipinski definition) is 2. The van der Waals surface area contributed by atoms with Crippen LogP contribution in [-0.2, 0) is 4.74 Å². The molecule has 1 aromatic carbocycles. The van der Waals surface area contributed by atoms with Gasteiger partial charge in [0.15, 0.2) is 0 Å². The Morgan fingerprint density at radius 1 is 1.21 bits per heavy atom. The van der Waals surface area contributed by atoms with E-state index in [9.17, 15) is 0 Å². The molecule has 1 fully saturated rings. The van der Waals surface area contributed by atoms with Crippen molar-refractivity contribution in [1.82, 2.24) is 5.32 Å². The van der Waals surface area contributed by atoms with Crippen molar-refractivity contribution in [3.8, 4) is 0 Å². The molecule has 2 nitrogen and oxygen atoms in total. The smallest absolute Gasteiger partial charge is 0.0665 e. The van der Waals surface area contributed by atoms with E-state index in [0.717, 1.165) is 19.6 Å². The topological polar surface area (TPSA) is 21.3 Å². The summed E-state index contributed by atoms with van der Waals surface area (Å²) in [6, 6.07) is 9.15. The first-order chi connectivity index (χ1) is 9.29. The number of hydrogen-bond donors (Lipinski definition) is 1. The van der Waals surface area contributed by atoms with E-state index in [1.807, 2.05) is 0 Å². The van der Waals surface area contributed by atoms with E-state index < -0.39 is 0 Å². The van der Waals surface area contributed by atoms with Gasteiger partial charge in [-0.15, -0.1) is 0 Å². The molecule has 0 aliphatic heterocycles. The largest absolute Gasteiger partial charge is 0.376 e. The third-order valence-electron chi connectivity index (χ3n) is 3.92. The molecule has 2 rings (SSSR count). The highest BCUT2D eigenvalue weighted by Crippen LogP contribution is 2.23. The molecule has 1 aliphatic carbocycles. The van der Waals surface area contributed by atoms with E-state index in [1.165, 1.54) is 36.8 Å². The Kier molecular flexibility index (Phi) is 5.87. The SMILES string of the molecule is CCCNC(COC1CCCC1)c1ccc(C)cc1. The molecule has 0 heterocycles. The summed E-state index contributed by atoms with van der Waals surface area (Å²) in [5, 5.41) is 3.60. The molecule has 0 saturated heterocycles.